The van der Waals surface area contributed by atoms with Gasteiger partial charge in [0.15, 0.2) is 0 Å². The Balaban J connectivity index is 1.52. The van der Waals surface area contributed by atoms with Crippen molar-refractivity contribution in [1.82, 2.24) is 10.2 Å². The predicted octanol–water partition coefficient (Wildman–Crippen LogP) is 4.08. The molecule has 2 amide bonds. The first-order valence-corrected chi connectivity index (χ1v) is 11.7. The van der Waals surface area contributed by atoms with Gasteiger partial charge in [-0.15, -0.1) is 0 Å². The molecule has 1 fully saturated rings. The number of hydrogen-bond acceptors (Lipinski definition) is 3. The van der Waals surface area contributed by atoms with Crippen LogP contribution in [0.25, 0.3) is 17.7 Å². The molecule has 0 saturated carbocycles. The van der Waals surface area contributed by atoms with Crippen LogP contribution in [0.1, 0.15) is 55.9 Å². The lowest BCUT2D eigenvalue weighted by Crippen LogP contribution is -2.52. The number of piperidine rings is 1. The summed E-state index contributed by atoms with van der Waals surface area (Å²) in [6.07, 6.45) is 5.99. The number of hydrogen-bond donors (Lipinski definition) is 2. The van der Waals surface area contributed by atoms with E-state index in [-0.39, 0.29) is 18.4 Å². The molecule has 0 spiro atoms. The summed E-state index contributed by atoms with van der Waals surface area (Å²) >= 11 is 0. The monoisotopic (exact) mass is 443 g/mol. The van der Waals surface area contributed by atoms with Crippen LogP contribution in [0.2, 0.25) is 0 Å². The first-order chi connectivity index (χ1) is 15.8. The van der Waals surface area contributed by atoms with Gasteiger partial charge in [-0.05, 0) is 40.7 Å². The van der Waals surface area contributed by atoms with E-state index in [0.717, 1.165) is 12.8 Å². The maximum absolute atomic E-state index is 12.9. The van der Waals surface area contributed by atoms with Gasteiger partial charge < -0.3 is 16.0 Å². The zero-order valence-electron chi connectivity index (χ0n) is 19.7. The highest BCUT2D eigenvalue weighted by Gasteiger charge is 2.28. The number of nitrogens with one attached hydrogen (secondary N) is 1. The van der Waals surface area contributed by atoms with Gasteiger partial charge in [-0.25, -0.2) is 0 Å². The average Bonchev–Trinajstić information content (AvgIpc) is 2.98. The Bertz CT molecular complexity index is 1060. The lowest BCUT2D eigenvalue weighted by molar-refractivity contribution is -0.133. The minimum atomic E-state index is -0.728. The fourth-order valence-electron chi connectivity index (χ4n) is 4.48. The van der Waals surface area contributed by atoms with Crippen LogP contribution in [-0.4, -0.2) is 42.4 Å². The third kappa shape index (κ3) is 4.93. The number of rotatable bonds is 3. The summed E-state index contributed by atoms with van der Waals surface area (Å²) in [7, 11) is 0. The second kappa shape index (κ2) is 9.36. The maximum atomic E-state index is 12.9. The minimum absolute atomic E-state index is 0.100. The van der Waals surface area contributed by atoms with Gasteiger partial charge in [0, 0.05) is 25.0 Å². The van der Waals surface area contributed by atoms with Crippen LogP contribution < -0.4 is 11.1 Å². The van der Waals surface area contributed by atoms with E-state index in [1.54, 1.807) is 0 Å². The first kappa shape index (κ1) is 23.0. The molecule has 0 aromatic heterocycles. The van der Waals surface area contributed by atoms with Crippen LogP contribution in [0, 0.1) is 5.41 Å². The maximum Gasteiger partial charge on any atom is 0.241 e. The minimum Gasteiger partial charge on any atom is -0.354 e. The van der Waals surface area contributed by atoms with Crippen molar-refractivity contribution in [3.8, 4) is 0 Å². The largest absolute Gasteiger partial charge is 0.354 e. The molecule has 2 aliphatic rings. The lowest BCUT2D eigenvalue weighted by Gasteiger charge is -2.32. The Hall–Kier alpha value is -3.18. The highest BCUT2D eigenvalue weighted by molar-refractivity contribution is 5.95. The van der Waals surface area contributed by atoms with Crippen LogP contribution in [0.5, 0.6) is 0 Å². The number of fused-ring (bicyclic) bond motifs is 2. The fraction of sp³-hybridized carbons (Fsp3) is 0.357. The standard InChI is InChI=1S/C28H33N3O2/c1-28(2,3)27(33)30-18-24(29)26(32)31-16-14-21(15-17-31)25-22-10-6-4-8-19(22)12-13-20-9-5-7-11-23(20)25/h4-13,24H,14-18,29H2,1-3H3,(H,30,33). The van der Waals surface area contributed by atoms with E-state index in [2.05, 4.69) is 66.0 Å². The molecule has 1 unspecified atom stereocenters. The molecule has 4 rings (SSSR count). The van der Waals surface area contributed by atoms with Gasteiger partial charge in [0.1, 0.15) is 6.04 Å². The van der Waals surface area contributed by atoms with Crippen LogP contribution in [-0.2, 0) is 9.59 Å². The predicted molar refractivity (Wildman–Crippen MR) is 134 cm³/mol. The van der Waals surface area contributed by atoms with Crippen molar-refractivity contribution in [2.45, 2.75) is 39.7 Å². The molecule has 1 saturated heterocycles. The third-order valence-electron chi connectivity index (χ3n) is 6.42. The Morgan fingerprint density at radius 2 is 1.45 bits per heavy atom. The molecular formula is C28H33N3O2. The molecule has 1 aliphatic carbocycles. The Kier molecular flexibility index (Phi) is 6.52. The summed E-state index contributed by atoms with van der Waals surface area (Å²) in [5.74, 6) is -0.202. The van der Waals surface area contributed by atoms with Crippen molar-refractivity contribution in [3.05, 3.63) is 76.4 Å². The summed E-state index contributed by atoms with van der Waals surface area (Å²) in [6, 6.07) is 16.3. The number of benzene rings is 2. The van der Waals surface area contributed by atoms with Crippen LogP contribution in [0.3, 0.4) is 0 Å². The molecule has 1 atom stereocenters. The molecule has 172 valence electrons. The zero-order chi connectivity index (χ0) is 23.6. The van der Waals surface area contributed by atoms with E-state index < -0.39 is 11.5 Å². The van der Waals surface area contributed by atoms with E-state index in [9.17, 15) is 9.59 Å². The van der Waals surface area contributed by atoms with E-state index in [0.29, 0.717) is 13.1 Å². The van der Waals surface area contributed by atoms with Gasteiger partial charge in [0.25, 0.3) is 0 Å². The molecule has 0 radical (unpaired) electrons. The second-order valence-electron chi connectivity index (χ2n) is 9.88. The zero-order valence-corrected chi connectivity index (χ0v) is 19.7. The lowest BCUT2D eigenvalue weighted by atomic mass is 9.86. The van der Waals surface area contributed by atoms with E-state index in [1.165, 1.54) is 33.4 Å². The van der Waals surface area contributed by atoms with Gasteiger partial charge in [0.05, 0.1) is 0 Å². The van der Waals surface area contributed by atoms with Crippen molar-refractivity contribution in [1.29, 1.82) is 0 Å². The number of carbonyl (C=O) groups excluding carboxylic acids is 2. The summed E-state index contributed by atoms with van der Waals surface area (Å²) < 4.78 is 0. The topological polar surface area (TPSA) is 75.4 Å². The smallest absolute Gasteiger partial charge is 0.241 e. The molecule has 33 heavy (non-hydrogen) atoms. The molecule has 0 bridgehead atoms. The SMILES string of the molecule is CC(C)(C)C(=O)NCC(N)C(=O)N1CCC(=C2c3ccccc3C=Cc3ccccc32)CC1. The number of likely N-dealkylation sites (tertiary alicyclic amines) is 1. The molecule has 1 heterocycles. The first-order valence-electron chi connectivity index (χ1n) is 11.7. The van der Waals surface area contributed by atoms with Crippen LogP contribution >= 0.6 is 0 Å². The number of amides is 2. The summed E-state index contributed by atoms with van der Waals surface area (Å²) in [6.45, 7) is 6.95. The molecule has 2 aromatic carbocycles. The van der Waals surface area contributed by atoms with Gasteiger partial charge >= 0.3 is 0 Å². The summed E-state index contributed by atoms with van der Waals surface area (Å²) in [4.78, 5) is 26.9. The third-order valence-corrected chi connectivity index (χ3v) is 6.42. The van der Waals surface area contributed by atoms with Crippen molar-refractivity contribution < 1.29 is 9.59 Å². The number of nitrogens with two attached hydrogens (primary N) is 1. The molecule has 5 heteroatoms. The average molecular weight is 444 g/mol. The van der Waals surface area contributed by atoms with E-state index >= 15 is 0 Å². The van der Waals surface area contributed by atoms with E-state index in [1.807, 2.05) is 25.7 Å². The van der Waals surface area contributed by atoms with Gasteiger partial charge in [-0.1, -0.05) is 87.0 Å². The molecule has 3 N–H and O–H groups in total. The Labute approximate surface area is 196 Å². The molecule has 2 aromatic rings. The highest BCUT2D eigenvalue weighted by Crippen LogP contribution is 2.38. The number of carbonyl (C=O) groups is 2. The normalized spacial score (nSPS) is 16.5. The van der Waals surface area contributed by atoms with Gasteiger partial charge in [-0.2, -0.15) is 0 Å². The fourth-order valence-corrected chi connectivity index (χ4v) is 4.48. The summed E-state index contributed by atoms with van der Waals surface area (Å²) in [5, 5.41) is 2.80. The molecular weight excluding hydrogens is 410 g/mol. The van der Waals surface area contributed by atoms with Crippen molar-refractivity contribution in [3.63, 3.8) is 0 Å². The van der Waals surface area contributed by atoms with Gasteiger partial charge in [0.2, 0.25) is 11.8 Å². The Morgan fingerprint density at radius 3 is 1.97 bits per heavy atom. The van der Waals surface area contributed by atoms with Crippen molar-refractivity contribution in [2.24, 2.45) is 11.1 Å². The highest BCUT2D eigenvalue weighted by atomic mass is 16.2. The van der Waals surface area contributed by atoms with Crippen LogP contribution in [0.4, 0.5) is 0 Å². The van der Waals surface area contributed by atoms with E-state index in [4.69, 9.17) is 5.73 Å². The van der Waals surface area contributed by atoms with Crippen LogP contribution in [0.15, 0.2) is 54.1 Å². The number of nitrogens with zero attached hydrogens (tertiary/aromatic N) is 1. The Morgan fingerprint density at radius 1 is 0.939 bits per heavy atom. The quantitative estimate of drug-likeness (QED) is 0.640. The second-order valence-corrected chi connectivity index (χ2v) is 9.88. The van der Waals surface area contributed by atoms with Crippen molar-refractivity contribution >= 4 is 29.5 Å². The molecule has 5 nitrogen and oxygen atoms in total. The summed E-state index contributed by atoms with van der Waals surface area (Å²) in [5.41, 5.74) is 13.2. The van der Waals surface area contributed by atoms with Crippen molar-refractivity contribution in [2.75, 3.05) is 19.6 Å². The van der Waals surface area contributed by atoms with Gasteiger partial charge in [-0.3, -0.25) is 9.59 Å². The molecule has 1 aliphatic heterocycles.